The first-order valence-electron chi connectivity index (χ1n) is 9.51. The fourth-order valence-electron chi connectivity index (χ4n) is 4.50. The van der Waals surface area contributed by atoms with E-state index in [0.29, 0.717) is 6.42 Å². The van der Waals surface area contributed by atoms with E-state index >= 15 is 0 Å². The highest BCUT2D eigenvalue weighted by Crippen LogP contribution is 2.36. The van der Waals surface area contributed by atoms with E-state index in [9.17, 15) is 4.79 Å². The average Bonchev–Trinajstić information content (AvgIpc) is 2.93. The van der Waals surface area contributed by atoms with Crippen LogP contribution < -0.4 is 10.6 Å². The molecular weight excluding hydrogens is 429 g/mol. The van der Waals surface area contributed by atoms with Crippen molar-refractivity contribution in [2.24, 2.45) is 16.3 Å². The third-order valence-electron chi connectivity index (χ3n) is 6.04. The summed E-state index contributed by atoms with van der Waals surface area (Å²) in [5.41, 5.74) is 0.126. The zero-order chi connectivity index (χ0) is 17.0. The summed E-state index contributed by atoms with van der Waals surface area (Å²) >= 11 is 0. The number of hydrogen-bond acceptors (Lipinski definition) is 3. The van der Waals surface area contributed by atoms with Gasteiger partial charge in [0.25, 0.3) is 0 Å². The highest BCUT2D eigenvalue weighted by atomic mass is 127. The smallest absolute Gasteiger partial charge is 0.220 e. The van der Waals surface area contributed by atoms with E-state index in [1.165, 1.54) is 32.4 Å². The van der Waals surface area contributed by atoms with E-state index in [0.717, 1.165) is 50.9 Å². The molecule has 1 atom stereocenters. The molecule has 2 N–H and O–H groups in total. The van der Waals surface area contributed by atoms with Crippen molar-refractivity contribution in [1.29, 1.82) is 0 Å². The van der Waals surface area contributed by atoms with Crippen LogP contribution in [-0.2, 0) is 4.79 Å². The van der Waals surface area contributed by atoms with Gasteiger partial charge in [0, 0.05) is 45.1 Å². The largest absolute Gasteiger partial charge is 0.356 e. The molecule has 6 nitrogen and oxygen atoms in total. The second-order valence-corrected chi connectivity index (χ2v) is 7.99. The molecule has 3 rings (SSSR count). The van der Waals surface area contributed by atoms with Crippen LogP contribution in [0.4, 0.5) is 0 Å². The van der Waals surface area contributed by atoms with Crippen LogP contribution in [0.5, 0.6) is 0 Å². The number of likely N-dealkylation sites (tertiary alicyclic amines) is 2. The lowest BCUT2D eigenvalue weighted by Crippen LogP contribution is -2.51. The molecule has 0 bridgehead atoms. The second-order valence-electron chi connectivity index (χ2n) is 7.99. The number of aliphatic imine (C=N–C) groups is 1. The predicted molar refractivity (Wildman–Crippen MR) is 112 cm³/mol. The number of amides is 1. The molecule has 25 heavy (non-hydrogen) atoms. The number of nitrogens with zero attached hydrogens (tertiary/aromatic N) is 3. The maximum atomic E-state index is 11.7. The van der Waals surface area contributed by atoms with Crippen molar-refractivity contribution in [3.63, 3.8) is 0 Å². The fraction of sp³-hybridized carbons (Fsp3) is 0.889. The molecule has 3 heterocycles. The van der Waals surface area contributed by atoms with Crippen LogP contribution in [0.15, 0.2) is 4.99 Å². The lowest BCUT2D eigenvalue weighted by molar-refractivity contribution is -0.119. The van der Waals surface area contributed by atoms with Gasteiger partial charge in [0.05, 0.1) is 0 Å². The van der Waals surface area contributed by atoms with Gasteiger partial charge in [-0.2, -0.15) is 0 Å². The Hall–Kier alpha value is -0.570. The normalized spacial score (nSPS) is 28.8. The van der Waals surface area contributed by atoms with Crippen LogP contribution in [-0.4, -0.2) is 75.0 Å². The zero-order valence-corrected chi connectivity index (χ0v) is 18.1. The summed E-state index contributed by atoms with van der Waals surface area (Å²) in [7, 11) is 4.09. The van der Waals surface area contributed by atoms with Gasteiger partial charge in [-0.15, -0.1) is 24.0 Å². The molecule has 1 spiro atoms. The summed E-state index contributed by atoms with van der Waals surface area (Å²) in [5, 5.41) is 6.59. The Kier molecular flexibility index (Phi) is 7.79. The van der Waals surface area contributed by atoms with Gasteiger partial charge >= 0.3 is 0 Å². The van der Waals surface area contributed by atoms with Crippen LogP contribution in [0.25, 0.3) is 0 Å². The van der Waals surface area contributed by atoms with Crippen molar-refractivity contribution in [3.8, 4) is 0 Å². The topological polar surface area (TPSA) is 60.0 Å². The zero-order valence-electron chi connectivity index (χ0n) is 15.7. The summed E-state index contributed by atoms with van der Waals surface area (Å²) in [6.07, 6.45) is 6.83. The first-order valence-corrected chi connectivity index (χ1v) is 9.51. The van der Waals surface area contributed by atoms with Crippen molar-refractivity contribution in [2.75, 3.05) is 53.4 Å². The minimum Gasteiger partial charge on any atom is -0.356 e. The molecule has 3 saturated heterocycles. The molecule has 1 amide bonds. The molecule has 0 saturated carbocycles. The Morgan fingerprint density at radius 2 is 2.12 bits per heavy atom. The Bertz CT molecular complexity index is 478. The number of carbonyl (C=O) groups excluding carboxylic acids is 1. The van der Waals surface area contributed by atoms with Crippen molar-refractivity contribution in [2.45, 2.75) is 38.5 Å². The van der Waals surface area contributed by atoms with Gasteiger partial charge in [-0.25, -0.2) is 0 Å². The summed E-state index contributed by atoms with van der Waals surface area (Å²) < 4.78 is 0. The minimum atomic E-state index is 0. The summed E-state index contributed by atoms with van der Waals surface area (Å²) in [4.78, 5) is 20.9. The number of piperidine rings is 2. The number of nitrogens with one attached hydrogen (secondary N) is 2. The molecule has 0 radical (unpaired) electrons. The Balaban J connectivity index is 0.00000225. The fourth-order valence-corrected chi connectivity index (χ4v) is 4.50. The number of halogens is 1. The maximum absolute atomic E-state index is 11.7. The molecule has 0 aromatic rings. The average molecular weight is 463 g/mol. The Morgan fingerprint density at radius 3 is 2.76 bits per heavy atom. The quantitative estimate of drug-likeness (QED) is 0.379. The van der Waals surface area contributed by atoms with E-state index < -0.39 is 0 Å². The second kappa shape index (κ2) is 9.39. The van der Waals surface area contributed by atoms with Gasteiger partial charge in [0.2, 0.25) is 5.91 Å². The molecule has 144 valence electrons. The van der Waals surface area contributed by atoms with E-state index in [1.54, 1.807) is 0 Å². The first kappa shape index (κ1) is 20.7. The van der Waals surface area contributed by atoms with Crippen LogP contribution in [0, 0.1) is 11.3 Å². The summed E-state index contributed by atoms with van der Waals surface area (Å²) in [6.45, 7) is 6.28. The number of guanidine groups is 1. The van der Waals surface area contributed by atoms with Gasteiger partial charge in [0.15, 0.2) is 5.96 Å². The molecule has 3 aliphatic rings. The highest BCUT2D eigenvalue weighted by Gasteiger charge is 2.42. The van der Waals surface area contributed by atoms with Crippen LogP contribution in [0.2, 0.25) is 0 Å². The van der Waals surface area contributed by atoms with Crippen molar-refractivity contribution in [3.05, 3.63) is 0 Å². The molecule has 1 unspecified atom stereocenters. The lowest BCUT2D eigenvalue weighted by Gasteiger charge is -2.41. The third-order valence-corrected chi connectivity index (χ3v) is 6.04. The van der Waals surface area contributed by atoms with Gasteiger partial charge in [-0.1, -0.05) is 0 Å². The Morgan fingerprint density at radius 1 is 1.36 bits per heavy atom. The van der Waals surface area contributed by atoms with E-state index in [2.05, 4.69) is 32.5 Å². The molecule has 0 aromatic heterocycles. The summed E-state index contributed by atoms with van der Waals surface area (Å²) in [6, 6.07) is 0. The minimum absolute atomic E-state index is 0. The number of hydrogen-bond donors (Lipinski definition) is 2. The molecule has 0 aromatic carbocycles. The van der Waals surface area contributed by atoms with Gasteiger partial charge in [-0.3, -0.25) is 9.79 Å². The third kappa shape index (κ3) is 5.45. The Labute approximate surface area is 169 Å². The van der Waals surface area contributed by atoms with Gasteiger partial charge < -0.3 is 20.4 Å². The number of rotatable bonds is 3. The number of carbonyl (C=O) groups is 1. The SMILES string of the molecule is CN=C(NCCC1CCN(C)CC1)N1CCCC2(CNC(=O)C2)C1.I. The molecule has 0 aliphatic carbocycles. The summed E-state index contributed by atoms with van der Waals surface area (Å²) in [5.74, 6) is 2.07. The molecule has 3 aliphatic heterocycles. The van der Waals surface area contributed by atoms with Crippen LogP contribution in [0.3, 0.4) is 0 Å². The van der Waals surface area contributed by atoms with Gasteiger partial charge in [-0.05, 0) is 58.2 Å². The standard InChI is InChI=1S/C18H33N5O.HI/c1-19-17(20-8-4-15-5-10-22(2)11-6-15)23-9-3-7-18(14-23)12-16(24)21-13-18;/h15H,3-14H2,1-2H3,(H,19,20)(H,21,24);1H. The van der Waals surface area contributed by atoms with Crippen LogP contribution >= 0.6 is 24.0 Å². The first-order chi connectivity index (χ1) is 11.6. The molecule has 7 heteroatoms. The molecular formula is C18H34IN5O. The maximum Gasteiger partial charge on any atom is 0.220 e. The van der Waals surface area contributed by atoms with Crippen molar-refractivity contribution >= 4 is 35.8 Å². The predicted octanol–water partition coefficient (Wildman–Crippen LogP) is 1.51. The lowest BCUT2D eigenvalue weighted by atomic mass is 9.79. The van der Waals surface area contributed by atoms with Crippen molar-refractivity contribution in [1.82, 2.24) is 20.4 Å². The highest BCUT2D eigenvalue weighted by molar-refractivity contribution is 14.0. The van der Waals surface area contributed by atoms with Crippen LogP contribution in [0.1, 0.15) is 38.5 Å². The molecule has 3 fully saturated rings. The van der Waals surface area contributed by atoms with E-state index in [-0.39, 0.29) is 35.3 Å². The van der Waals surface area contributed by atoms with E-state index in [1.807, 2.05) is 7.05 Å². The van der Waals surface area contributed by atoms with Gasteiger partial charge in [0.1, 0.15) is 0 Å². The van der Waals surface area contributed by atoms with Crippen molar-refractivity contribution < 1.29 is 4.79 Å². The monoisotopic (exact) mass is 463 g/mol. The van der Waals surface area contributed by atoms with E-state index in [4.69, 9.17) is 0 Å².